The van der Waals surface area contributed by atoms with Crippen LogP contribution in [0.25, 0.3) is 0 Å². The number of quaternary nitrogens is 2. The number of nitroso groups, excluding NO2 is 6. The van der Waals surface area contributed by atoms with E-state index in [2.05, 4.69) is 55.4 Å². The monoisotopic (exact) mass is 1190 g/mol. The van der Waals surface area contributed by atoms with Gasteiger partial charge in [-0.25, -0.2) is 0 Å². The van der Waals surface area contributed by atoms with Gasteiger partial charge in [0.05, 0.1) is 52.4 Å². The maximum Gasteiger partial charge on any atom is 2.00 e. The van der Waals surface area contributed by atoms with Gasteiger partial charge in [0.1, 0.15) is 33.6 Å². The summed E-state index contributed by atoms with van der Waals surface area (Å²) in [5.41, 5.74) is 34.5. The van der Waals surface area contributed by atoms with Crippen LogP contribution in [0.2, 0.25) is 0 Å². The maximum atomic E-state index is 7.25. The molecular formula is C32H72Fe6N8O6S6-2. The minimum atomic E-state index is 0. The summed E-state index contributed by atoms with van der Waals surface area (Å²) in [6.45, 7) is 30.0. The average molecular weight is 1190 g/mol. The van der Waals surface area contributed by atoms with Gasteiger partial charge in [0.15, 0.2) is 0 Å². The van der Waals surface area contributed by atoms with Crippen LogP contribution in [-0.2, 0) is 183 Å². The molecule has 0 atom stereocenters. The zero-order valence-electron chi connectivity index (χ0n) is 35.6. The molecule has 26 heteroatoms. The van der Waals surface area contributed by atoms with Crippen LogP contribution in [0.4, 0.5) is 0 Å². The quantitative estimate of drug-likeness (QED) is 0.0710. The number of rotatable bonds is 24. The Labute approximate surface area is 461 Å². The van der Waals surface area contributed by atoms with Gasteiger partial charge in [-0.2, -0.15) is 0 Å². The van der Waals surface area contributed by atoms with E-state index in [-0.39, 0.29) is 183 Å². The first-order valence-electron chi connectivity index (χ1n) is 17.3. The van der Waals surface area contributed by atoms with Crippen molar-refractivity contribution in [3.8, 4) is 0 Å². The largest absolute Gasteiger partial charge is 2.00 e. The Bertz CT molecular complexity index is 432. The van der Waals surface area contributed by atoms with Crippen molar-refractivity contribution < 1.29 is 111 Å². The van der Waals surface area contributed by atoms with Crippen molar-refractivity contribution >= 4 is 81.0 Å². The molecule has 0 saturated heterocycles. The van der Waals surface area contributed by atoms with Crippen LogP contribution >= 0.6 is 0 Å². The van der Waals surface area contributed by atoms with Gasteiger partial charge in [-0.05, 0) is 51.4 Å². The number of hydrogen-bond donors (Lipinski definition) is 0. The van der Waals surface area contributed by atoms with Crippen LogP contribution in [0.1, 0.15) is 158 Å². The molecule has 0 aromatic rings. The fourth-order valence-electron chi connectivity index (χ4n) is 5.29. The van der Waals surface area contributed by atoms with E-state index in [0.717, 1.165) is 0 Å². The molecular weight excluding hydrogens is 1120 g/mol. The van der Waals surface area contributed by atoms with E-state index >= 15 is 0 Å². The molecule has 6 radical (unpaired) electrons. The molecule has 0 aliphatic carbocycles. The normalized spacial score (nSPS) is 7.45. The van der Waals surface area contributed by atoms with Crippen molar-refractivity contribution in [2.45, 2.75) is 158 Å². The van der Waals surface area contributed by atoms with Crippen molar-refractivity contribution in [3.63, 3.8) is 0 Å². The molecule has 0 spiro atoms. The summed E-state index contributed by atoms with van der Waals surface area (Å²) in [5.74, 6) is 0. The minimum absolute atomic E-state index is 0. The maximum absolute atomic E-state index is 7.25. The topological polar surface area (TPSA) is 236 Å². The Morgan fingerprint density at radius 3 is 0.362 bits per heavy atom. The Kier molecular flexibility index (Phi) is 309. The molecule has 0 aliphatic rings. The van der Waals surface area contributed by atoms with Crippen LogP contribution in [0.3, 0.4) is 0 Å². The van der Waals surface area contributed by atoms with Gasteiger partial charge in [-0.1, -0.05) is 107 Å². The van der Waals surface area contributed by atoms with Gasteiger partial charge in [0.2, 0.25) is 0 Å². The fourth-order valence-corrected chi connectivity index (χ4v) is 5.29. The molecule has 0 aromatic heterocycles. The number of hydrogen-bond acceptors (Lipinski definition) is 6. The fraction of sp³-hybridized carbons (Fsp3) is 1.00. The summed E-state index contributed by atoms with van der Waals surface area (Å²) in [4.78, 5) is 43.5. The molecule has 0 rings (SSSR count). The Hall–Kier alpha value is 2.74. The summed E-state index contributed by atoms with van der Waals surface area (Å²) in [6.07, 6.45) is 22.1. The third-order valence-electron chi connectivity index (χ3n) is 7.89. The predicted molar refractivity (Wildman–Crippen MR) is 236 cm³/mol. The van der Waals surface area contributed by atoms with Gasteiger partial charge in [0.25, 0.3) is 0 Å². The molecule has 0 N–H and O–H groups in total. The van der Waals surface area contributed by atoms with Crippen LogP contribution in [0, 0.1) is 29.4 Å². The van der Waals surface area contributed by atoms with E-state index in [1.165, 1.54) is 164 Å². The molecule has 0 aromatic carbocycles. The Balaban J connectivity index is -0.0000000187. The van der Waals surface area contributed by atoms with Crippen molar-refractivity contribution in [2.24, 2.45) is 0 Å². The van der Waals surface area contributed by atoms with Gasteiger partial charge >= 0.3 is 68.3 Å². The van der Waals surface area contributed by atoms with Gasteiger partial charge in [0, 0.05) is 34.1 Å². The molecule has 362 valence electrons. The van der Waals surface area contributed by atoms with Crippen LogP contribution in [0.5, 0.6) is 0 Å². The zero-order valence-corrected chi connectivity index (χ0v) is 47.1. The van der Waals surface area contributed by atoms with Gasteiger partial charge in [-0.15, -0.1) is 29.4 Å². The summed E-state index contributed by atoms with van der Waals surface area (Å²) in [6, 6.07) is 0. The third-order valence-corrected chi connectivity index (χ3v) is 7.89. The van der Waals surface area contributed by atoms with E-state index < -0.39 is 0 Å². The average Bonchev–Trinajstić information content (AvgIpc) is 3.15. The molecule has 0 unspecified atom stereocenters. The molecule has 0 heterocycles. The molecule has 0 fully saturated rings. The second kappa shape index (κ2) is 137. The molecule has 0 saturated carbocycles. The summed E-state index contributed by atoms with van der Waals surface area (Å²) < 4.78 is 2.84. The predicted octanol–water partition coefficient (Wildman–Crippen LogP) is 7.30. The smallest absolute Gasteiger partial charge is 2.00 e. The standard InChI is InChI=1S/2C16H36N.6Fe.6NO.6S/c2*1-5-9-13-17(14-10-6-2,15-11-7-3)16-12-8-4;;;;;;;6*1-2;;;;;;/h2*5-16H2,1-4H3;;;;;;;;;;;;;;;;;;/q2*+1;;;4*+2;;;;;;;6*-2. The number of nitrogens with zero attached hydrogens (tertiary/aromatic N) is 8. The first-order chi connectivity index (χ1) is 22.5. The zero-order chi connectivity index (χ0) is 38.0. The number of unbranched alkanes of at least 4 members (excludes halogenated alkanes) is 8. The molecule has 0 bridgehead atoms. The van der Waals surface area contributed by atoms with Crippen LogP contribution in [0.15, 0.2) is 0 Å². The van der Waals surface area contributed by atoms with Crippen molar-refractivity contribution in [1.29, 1.82) is 0 Å². The van der Waals surface area contributed by atoms with E-state index in [1.54, 1.807) is 0 Å². The summed E-state index contributed by atoms with van der Waals surface area (Å²) in [7, 11) is 0. The minimum Gasteiger partial charge on any atom is -2.00 e. The Morgan fingerprint density at radius 1 is 0.241 bits per heavy atom. The van der Waals surface area contributed by atoms with Crippen molar-refractivity contribution in [2.75, 3.05) is 52.4 Å². The van der Waals surface area contributed by atoms with Crippen molar-refractivity contribution in [1.82, 2.24) is 33.6 Å². The second-order valence-corrected chi connectivity index (χ2v) is 11.3. The molecule has 58 heavy (non-hydrogen) atoms. The first kappa shape index (κ1) is 131. The second-order valence-electron chi connectivity index (χ2n) is 11.3. The van der Waals surface area contributed by atoms with Crippen LogP contribution in [-0.4, -0.2) is 61.3 Å². The van der Waals surface area contributed by atoms with E-state index in [0.29, 0.717) is 0 Å². The van der Waals surface area contributed by atoms with Crippen molar-refractivity contribution in [3.05, 3.63) is 29.4 Å². The third kappa shape index (κ3) is 107. The molecule has 0 amide bonds. The van der Waals surface area contributed by atoms with Gasteiger partial charge in [-0.3, -0.25) is 0 Å². The van der Waals surface area contributed by atoms with Crippen LogP contribution < -0.4 is 33.6 Å². The molecule has 14 nitrogen and oxygen atoms in total. The SMILES string of the molecule is CCCC[N+](CCCC)(CCCC)CCCC.CCCC[N+](CCCC)(CCCC)CCCC.[Fe+2].[Fe+2].[Fe+2].[Fe+2].[Fe].[Fe].[N]=O.[N]=O.[N]=O.[N]=O.[N]=O.[N]=O.[S-2].[S-2].[S-2].[S-2].[S-2].[S-2]. The van der Waals surface area contributed by atoms with E-state index in [4.69, 9.17) is 63.0 Å². The van der Waals surface area contributed by atoms with E-state index in [1.807, 2.05) is 0 Å². The molecule has 0 aliphatic heterocycles. The first-order valence-corrected chi connectivity index (χ1v) is 17.3. The van der Waals surface area contributed by atoms with Gasteiger partial charge < -0.3 is 89.9 Å². The summed E-state index contributed by atoms with van der Waals surface area (Å²) in [5, 5.41) is 0. The summed E-state index contributed by atoms with van der Waals surface area (Å²) >= 11 is 0. The van der Waals surface area contributed by atoms with E-state index in [9.17, 15) is 0 Å². The Morgan fingerprint density at radius 2 is 0.310 bits per heavy atom.